The zero-order valence-corrected chi connectivity index (χ0v) is 12.5. The second kappa shape index (κ2) is 5.20. The Hall–Kier alpha value is -1.96. The fourth-order valence-electron chi connectivity index (χ4n) is 2.57. The van der Waals surface area contributed by atoms with Gasteiger partial charge >= 0.3 is 0 Å². The summed E-state index contributed by atoms with van der Waals surface area (Å²) in [5.41, 5.74) is 2.66. The zero-order valence-electron chi connectivity index (χ0n) is 12.5. The molecule has 1 aromatic carbocycles. The number of Topliss-reactive ketones (excluding diaryl/α,β-unsaturated/α-hetero) is 1. The molecule has 1 aliphatic rings. The largest absolute Gasteiger partial charge is 0.294 e. The molecule has 0 bridgehead atoms. The summed E-state index contributed by atoms with van der Waals surface area (Å²) in [5, 5.41) is 0. The van der Waals surface area contributed by atoms with Crippen LogP contribution in [-0.2, 0) is 16.0 Å². The first-order valence-corrected chi connectivity index (χ1v) is 6.89. The molecule has 1 atom stereocenters. The van der Waals surface area contributed by atoms with Crippen molar-refractivity contribution in [1.29, 1.82) is 0 Å². The topological polar surface area (TPSA) is 34.1 Å². The van der Waals surface area contributed by atoms with Crippen molar-refractivity contribution < 1.29 is 9.59 Å². The molecule has 0 fully saturated rings. The predicted molar refractivity (Wildman–Crippen MR) is 80.5 cm³/mol. The van der Waals surface area contributed by atoms with E-state index in [-0.39, 0.29) is 11.6 Å². The van der Waals surface area contributed by atoms with Crippen molar-refractivity contribution in [2.75, 3.05) is 0 Å². The van der Waals surface area contributed by atoms with Crippen molar-refractivity contribution in [3.05, 3.63) is 58.7 Å². The van der Waals surface area contributed by atoms with Crippen molar-refractivity contribution in [1.82, 2.24) is 0 Å². The van der Waals surface area contributed by atoms with Crippen LogP contribution in [-0.4, -0.2) is 11.6 Å². The molecule has 0 amide bonds. The lowest BCUT2D eigenvalue weighted by Crippen LogP contribution is -2.34. The standard InChI is InChI=1S/C18H20O2/c1-5-12(2)15-10-16(19)18(4,17(15)20)11-14-9-7-6-8-13(14)3/h5-10H,11H2,1-4H3/b12-5+/t18-/m0/s1. The van der Waals surface area contributed by atoms with E-state index in [0.29, 0.717) is 12.0 Å². The molecule has 0 spiro atoms. The lowest BCUT2D eigenvalue weighted by atomic mass is 9.77. The molecule has 0 saturated heterocycles. The van der Waals surface area contributed by atoms with Crippen LogP contribution in [0.3, 0.4) is 0 Å². The van der Waals surface area contributed by atoms with Gasteiger partial charge in [0.25, 0.3) is 0 Å². The van der Waals surface area contributed by atoms with Gasteiger partial charge in [-0.25, -0.2) is 0 Å². The average Bonchev–Trinajstić information content (AvgIpc) is 2.65. The SMILES string of the molecule is C/C=C(\C)C1=CC(=O)[C@](C)(Cc2ccccc2C)C1=O. The maximum absolute atomic E-state index is 12.6. The first-order chi connectivity index (χ1) is 9.40. The van der Waals surface area contributed by atoms with Gasteiger partial charge in [-0.2, -0.15) is 0 Å². The van der Waals surface area contributed by atoms with Gasteiger partial charge in [0, 0.05) is 5.57 Å². The van der Waals surface area contributed by atoms with Crippen molar-refractivity contribution >= 4 is 11.6 Å². The first-order valence-electron chi connectivity index (χ1n) is 6.89. The number of benzene rings is 1. The van der Waals surface area contributed by atoms with Gasteiger partial charge in [-0.05, 0) is 56.9 Å². The molecule has 0 heterocycles. The summed E-state index contributed by atoms with van der Waals surface area (Å²) >= 11 is 0. The Balaban J connectivity index is 2.36. The minimum absolute atomic E-state index is 0.0543. The minimum Gasteiger partial charge on any atom is -0.294 e. The highest BCUT2D eigenvalue weighted by atomic mass is 16.2. The summed E-state index contributed by atoms with van der Waals surface area (Å²) in [6, 6.07) is 7.91. The Kier molecular flexibility index (Phi) is 3.76. The number of allylic oxidation sites excluding steroid dienone is 4. The highest BCUT2D eigenvalue weighted by Crippen LogP contribution is 2.37. The lowest BCUT2D eigenvalue weighted by molar-refractivity contribution is -0.132. The molecule has 0 aromatic heterocycles. The van der Waals surface area contributed by atoms with Crippen LogP contribution in [0.4, 0.5) is 0 Å². The molecular weight excluding hydrogens is 248 g/mol. The smallest absolute Gasteiger partial charge is 0.177 e. The summed E-state index contributed by atoms with van der Waals surface area (Å²) in [4.78, 5) is 25.0. The van der Waals surface area contributed by atoms with Gasteiger partial charge in [0.05, 0.1) is 5.41 Å². The Morgan fingerprint density at radius 1 is 1.25 bits per heavy atom. The number of rotatable bonds is 3. The van der Waals surface area contributed by atoms with Crippen LogP contribution in [0.15, 0.2) is 47.6 Å². The second-order valence-electron chi connectivity index (χ2n) is 5.66. The molecule has 0 aliphatic heterocycles. The maximum Gasteiger partial charge on any atom is 0.177 e. The Morgan fingerprint density at radius 2 is 1.90 bits per heavy atom. The zero-order chi connectivity index (χ0) is 14.9. The van der Waals surface area contributed by atoms with Crippen molar-refractivity contribution in [3.8, 4) is 0 Å². The highest BCUT2D eigenvalue weighted by Gasteiger charge is 2.46. The Morgan fingerprint density at radius 3 is 2.50 bits per heavy atom. The average molecular weight is 268 g/mol. The van der Waals surface area contributed by atoms with Gasteiger partial charge in [-0.1, -0.05) is 30.3 Å². The third-order valence-corrected chi connectivity index (χ3v) is 4.23. The predicted octanol–water partition coefficient (Wildman–Crippen LogP) is 3.59. The van der Waals surface area contributed by atoms with Gasteiger partial charge in [0.1, 0.15) is 0 Å². The summed E-state index contributed by atoms with van der Waals surface area (Å²) in [6.45, 7) is 7.52. The Labute approximate surface area is 120 Å². The van der Waals surface area contributed by atoms with Gasteiger partial charge in [0.15, 0.2) is 11.6 Å². The van der Waals surface area contributed by atoms with Crippen LogP contribution >= 0.6 is 0 Å². The van der Waals surface area contributed by atoms with E-state index in [1.165, 1.54) is 6.08 Å². The number of hydrogen-bond donors (Lipinski definition) is 0. The van der Waals surface area contributed by atoms with E-state index in [2.05, 4.69) is 0 Å². The molecule has 2 heteroatoms. The van der Waals surface area contributed by atoms with E-state index in [0.717, 1.165) is 16.7 Å². The fraction of sp³-hybridized carbons (Fsp3) is 0.333. The number of carbonyl (C=O) groups excluding carboxylic acids is 2. The fourth-order valence-corrected chi connectivity index (χ4v) is 2.57. The highest BCUT2D eigenvalue weighted by molar-refractivity contribution is 6.26. The van der Waals surface area contributed by atoms with Crippen LogP contribution in [0.5, 0.6) is 0 Å². The molecule has 0 radical (unpaired) electrons. The van der Waals surface area contributed by atoms with E-state index < -0.39 is 5.41 Å². The Bertz CT molecular complexity index is 635. The van der Waals surface area contributed by atoms with E-state index in [4.69, 9.17) is 0 Å². The number of aryl methyl sites for hydroxylation is 1. The molecule has 1 aliphatic carbocycles. The minimum atomic E-state index is -0.953. The second-order valence-corrected chi connectivity index (χ2v) is 5.66. The molecule has 20 heavy (non-hydrogen) atoms. The molecule has 0 saturated carbocycles. The summed E-state index contributed by atoms with van der Waals surface area (Å²) < 4.78 is 0. The van der Waals surface area contributed by atoms with E-state index >= 15 is 0 Å². The van der Waals surface area contributed by atoms with Crippen molar-refractivity contribution in [3.63, 3.8) is 0 Å². The normalized spacial score (nSPS) is 23.2. The molecule has 0 unspecified atom stereocenters. The van der Waals surface area contributed by atoms with Crippen molar-refractivity contribution in [2.45, 2.75) is 34.1 Å². The molecule has 0 N–H and O–H groups in total. The third kappa shape index (κ3) is 2.26. The van der Waals surface area contributed by atoms with E-state index in [1.54, 1.807) is 6.92 Å². The van der Waals surface area contributed by atoms with Gasteiger partial charge in [0.2, 0.25) is 0 Å². The van der Waals surface area contributed by atoms with Gasteiger partial charge < -0.3 is 0 Å². The number of ketones is 2. The summed E-state index contributed by atoms with van der Waals surface area (Å²) in [5.74, 6) is -0.136. The molecule has 2 nitrogen and oxygen atoms in total. The van der Waals surface area contributed by atoms with Gasteiger partial charge in [-0.15, -0.1) is 0 Å². The first kappa shape index (κ1) is 14.4. The lowest BCUT2D eigenvalue weighted by Gasteiger charge is -2.22. The van der Waals surface area contributed by atoms with Crippen LogP contribution in [0.1, 0.15) is 31.9 Å². The molecule has 104 valence electrons. The quantitative estimate of drug-likeness (QED) is 0.785. The van der Waals surface area contributed by atoms with Crippen molar-refractivity contribution in [2.24, 2.45) is 5.41 Å². The maximum atomic E-state index is 12.6. The van der Waals surface area contributed by atoms with Crippen LogP contribution in [0.2, 0.25) is 0 Å². The molecular formula is C18H20O2. The molecule has 1 aromatic rings. The number of carbonyl (C=O) groups is 2. The van der Waals surface area contributed by atoms with Gasteiger partial charge in [-0.3, -0.25) is 9.59 Å². The van der Waals surface area contributed by atoms with E-state index in [9.17, 15) is 9.59 Å². The van der Waals surface area contributed by atoms with Crippen LogP contribution in [0, 0.1) is 12.3 Å². The third-order valence-electron chi connectivity index (χ3n) is 4.23. The van der Waals surface area contributed by atoms with Crippen LogP contribution < -0.4 is 0 Å². The van der Waals surface area contributed by atoms with E-state index in [1.807, 2.05) is 51.1 Å². The summed E-state index contributed by atoms with van der Waals surface area (Å²) in [6.07, 6.45) is 3.85. The summed E-state index contributed by atoms with van der Waals surface area (Å²) in [7, 11) is 0. The van der Waals surface area contributed by atoms with Crippen LogP contribution in [0.25, 0.3) is 0 Å². The monoisotopic (exact) mass is 268 g/mol. The molecule has 2 rings (SSSR count). The number of hydrogen-bond acceptors (Lipinski definition) is 2.